The minimum Gasteiger partial charge on any atom is -0.463 e. The smallest absolute Gasteiger partial charge is 0.354 e. The zero-order chi connectivity index (χ0) is 34.0. The van der Waals surface area contributed by atoms with Gasteiger partial charge in [-0.3, -0.25) is 13.9 Å². The highest BCUT2D eigenvalue weighted by Gasteiger charge is 2.21. The zero-order valence-corrected chi connectivity index (χ0v) is 27.2. The molecule has 0 bridgehead atoms. The van der Waals surface area contributed by atoms with E-state index in [9.17, 15) is 14.4 Å². The maximum atomic E-state index is 13.6. The number of nitrogens with one attached hydrogen (secondary N) is 3. The van der Waals surface area contributed by atoms with Gasteiger partial charge in [0.25, 0.3) is 5.91 Å². The molecule has 14 heteroatoms. The molecule has 0 aliphatic carbocycles. The summed E-state index contributed by atoms with van der Waals surface area (Å²) in [6.45, 7) is 0. The van der Waals surface area contributed by atoms with Crippen LogP contribution in [-0.4, -0.2) is 39.1 Å². The Morgan fingerprint density at radius 1 is 0.694 bits per heavy atom. The number of aromatic nitrogens is 4. The lowest BCUT2D eigenvalue weighted by atomic mass is 10.1. The molecule has 12 nitrogen and oxygen atoms in total. The third-order valence-corrected chi connectivity index (χ3v) is 8.92. The van der Waals surface area contributed by atoms with Crippen LogP contribution in [0.1, 0.15) is 10.4 Å². The fourth-order valence-corrected chi connectivity index (χ4v) is 6.65. The van der Waals surface area contributed by atoms with Crippen LogP contribution in [0, 0.1) is 0 Å². The molecule has 0 aliphatic rings. The van der Waals surface area contributed by atoms with Crippen LogP contribution in [0.15, 0.2) is 104 Å². The Morgan fingerprint density at radius 2 is 1.20 bits per heavy atom. The van der Waals surface area contributed by atoms with Crippen molar-refractivity contribution in [2.24, 2.45) is 0 Å². The van der Waals surface area contributed by atoms with Crippen molar-refractivity contribution in [1.29, 1.82) is 0 Å². The minimum absolute atomic E-state index is 0.264. The maximum absolute atomic E-state index is 13.6. The van der Waals surface area contributed by atoms with Gasteiger partial charge in [-0.2, -0.15) is 9.97 Å². The van der Waals surface area contributed by atoms with E-state index in [4.69, 9.17) is 32.0 Å². The largest absolute Gasteiger partial charge is 0.463 e. The third kappa shape index (κ3) is 4.80. The van der Waals surface area contributed by atoms with Crippen molar-refractivity contribution in [3.8, 4) is 11.4 Å². The molecule has 0 atom stereocenters. The van der Waals surface area contributed by atoms with Crippen LogP contribution in [0.3, 0.4) is 0 Å². The van der Waals surface area contributed by atoms with Crippen LogP contribution in [0.4, 0.5) is 17.3 Å². The van der Waals surface area contributed by atoms with E-state index in [1.165, 1.54) is 21.7 Å². The van der Waals surface area contributed by atoms with Gasteiger partial charge in [0.05, 0.1) is 55.8 Å². The molecule has 242 valence electrons. The quantitative estimate of drug-likeness (QED) is 0.164. The summed E-state index contributed by atoms with van der Waals surface area (Å²) in [7, 11) is 3.33. The van der Waals surface area contributed by atoms with Crippen LogP contribution < -0.4 is 27.3 Å². The summed E-state index contributed by atoms with van der Waals surface area (Å²) in [6.07, 6.45) is 3.04. The Balaban J connectivity index is 1.19. The fraction of sp³-hybridized carbons (Fsp3) is 0.0571. The van der Waals surface area contributed by atoms with Gasteiger partial charge >= 0.3 is 11.4 Å². The van der Waals surface area contributed by atoms with Gasteiger partial charge in [0.2, 0.25) is 0 Å². The van der Waals surface area contributed by atoms with Crippen LogP contribution in [0.5, 0.6) is 0 Å². The number of hydrogen-bond donors (Lipinski definition) is 3. The molecule has 8 aromatic rings. The lowest BCUT2D eigenvalue weighted by Crippen LogP contribution is -2.24. The molecule has 0 radical (unpaired) electrons. The Labute approximate surface area is 285 Å². The molecular formula is C35H23Cl2N7O5. The predicted octanol–water partition coefficient (Wildman–Crippen LogP) is 7.22. The summed E-state index contributed by atoms with van der Waals surface area (Å²) in [5, 5.41) is 12.1. The zero-order valence-electron chi connectivity index (χ0n) is 25.7. The monoisotopic (exact) mass is 691 g/mol. The molecule has 8 rings (SSSR count). The number of rotatable bonds is 6. The molecule has 4 aromatic carbocycles. The van der Waals surface area contributed by atoms with Crippen molar-refractivity contribution in [3.63, 3.8) is 0 Å². The normalized spacial score (nSPS) is 11.5. The Morgan fingerprint density at radius 3 is 1.73 bits per heavy atom. The van der Waals surface area contributed by atoms with Crippen LogP contribution in [-0.2, 0) is 0 Å². The summed E-state index contributed by atoms with van der Waals surface area (Å²) in [6, 6.07) is 20.2. The van der Waals surface area contributed by atoms with Crippen LogP contribution in [0.25, 0.3) is 55.1 Å². The van der Waals surface area contributed by atoms with Gasteiger partial charge in [-0.15, -0.1) is 0 Å². The second kappa shape index (κ2) is 11.5. The number of fused-ring (bicyclic) bond motifs is 6. The van der Waals surface area contributed by atoms with E-state index >= 15 is 0 Å². The number of carbonyl (C=O) groups excluding carboxylic acids is 1. The highest BCUT2D eigenvalue weighted by Crippen LogP contribution is 2.37. The number of hydrogen-bond acceptors (Lipinski definition) is 9. The first-order chi connectivity index (χ1) is 23.8. The number of nitrogens with zero attached hydrogens (tertiary/aromatic N) is 4. The average Bonchev–Trinajstić information content (AvgIpc) is 3.79. The van der Waals surface area contributed by atoms with E-state index < -0.39 is 17.3 Å². The molecule has 49 heavy (non-hydrogen) atoms. The molecule has 3 N–H and O–H groups in total. The van der Waals surface area contributed by atoms with E-state index in [-0.39, 0.29) is 5.56 Å². The van der Waals surface area contributed by atoms with E-state index in [1.807, 2.05) is 0 Å². The summed E-state index contributed by atoms with van der Waals surface area (Å²) >= 11 is 13.2. The third-order valence-electron chi connectivity index (χ3n) is 8.29. The van der Waals surface area contributed by atoms with Crippen molar-refractivity contribution in [1.82, 2.24) is 19.1 Å². The molecule has 1 amide bonds. The minimum atomic E-state index is -0.577. The summed E-state index contributed by atoms with van der Waals surface area (Å²) in [5.74, 6) is 0.222. The Kier molecular flexibility index (Phi) is 7.12. The molecule has 4 aromatic heterocycles. The SMILES string of the molecule is CNc1nc(=O)n(-c2cccc(NC(=O)c3cccc(-n4c(=O)nc(NC)c5c6occc6c(Cl)cc54)c3)c2)c2cc(Cl)c3ccoc3c12. The van der Waals surface area contributed by atoms with E-state index in [0.29, 0.717) is 82.5 Å². The van der Waals surface area contributed by atoms with Crippen molar-refractivity contribution in [2.75, 3.05) is 30.0 Å². The number of carbonyl (C=O) groups is 1. The van der Waals surface area contributed by atoms with Gasteiger partial charge in [-0.25, -0.2) is 9.59 Å². The first kappa shape index (κ1) is 30.2. The van der Waals surface area contributed by atoms with Crippen LogP contribution in [0.2, 0.25) is 10.0 Å². The number of anilines is 3. The Bertz CT molecular complexity index is 2780. The molecule has 0 fully saturated rings. The predicted molar refractivity (Wildman–Crippen MR) is 191 cm³/mol. The lowest BCUT2D eigenvalue weighted by Gasteiger charge is -2.15. The summed E-state index contributed by atoms with van der Waals surface area (Å²) in [4.78, 5) is 48.8. The van der Waals surface area contributed by atoms with E-state index in [2.05, 4.69) is 25.9 Å². The van der Waals surface area contributed by atoms with Gasteiger partial charge in [0.1, 0.15) is 22.8 Å². The second-order valence-corrected chi connectivity index (χ2v) is 11.9. The van der Waals surface area contributed by atoms with Crippen molar-refractivity contribution < 1.29 is 13.6 Å². The first-order valence-corrected chi connectivity index (χ1v) is 15.7. The average molecular weight is 693 g/mol. The van der Waals surface area contributed by atoms with Gasteiger partial charge < -0.3 is 24.8 Å². The highest BCUT2D eigenvalue weighted by molar-refractivity contribution is 6.38. The number of amides is 1. The van der Waals surface area contributed by atoms with Crippen LogP contribution >= 0.6 is 23.2 Å². The maximum Gasteiger partial charge on any atom is 0.354 e. The molecule has 4 heterocycles. The number of halogens is 2. The van der Waals surface area contributed by atoms with Gasteiger partial charge in [-0.1, -0.05) is 35.3 Å². The standard InChI is InChI=1S/C35H23Cl2N7O5/c1-38-31-27-25(15-23(36)21-9-11-48-29(21)27)43(34(46)41-31)19-7-3-5-17(13-19)33(45)40-18-6-4-8-20(14-18)44-26-16-24(37)22-10-12-49-30(22)28(26)32(39-2)42-35(44)47/h3-16H,1-2H3,(H,40,45)(H,38,41,46)(H,39,42,47). The van der Waals surface area contributed by atoms with Crippen molar-refractivity contribution in [2.45, 2.75) is 0 Å². The van der Waals surface area contributed by atoms with Crippen molar-refractivity contribution >= 4 is 90.2 Å². The topological polar surface area (TPSA) is 149 Å². The Hall–Kier alpha value is -6.11. The molecule has 0 saturated carbocycles. The van der Waals surface area contributed by atoms with Crippen molar-refractivity contribution in [3.05, 3.63) is 122 Å². The molecular weight excluding hydrogens is 669 g/mol. The van der Waals surface area contributed by atoms with Gasteiger partial charge in [-0.05, 0) is 60.7 Å². The number of furan rings is 2. The summed E-state index contributed by atoms with van der Waals surface area (Å²) in [5.41, 5.74) is 2.24. The molecule has 0 aliphatic heterocycles. The highest BCUT2D eigenvalue weighted by atomic mass is 35.5. The number of benzene rings is 4. The first-order valence-electron chi connectivity index (χ1n) is 14.9. The molecule has 0 saturated heterocycles. The second-order valence-electron chi connectivity index (χ2n) is 11.0. The van der Waals surface area contributed by atoms with E-state index in [1.54, 1.807) is 86.9 Å². The van der Waals surface area contributed by atoms with Gasteiger partial charge in [0, 0.05) is 36.1 Å². The fourth-order valence-electron chi connectivity index (χ4n) is 6.15. The molecule has 0 unspecified atom stereocenters. The molecule has 0 spiro atoms. The van der Waals surface area contributed by atoms with Gasteiger partial charge in [0.15, 0.2) is 0 Å². The lowest BCUT2D eigenvalue weighted by molar-refractivity contribution is 0.102. The summed E-state index contributed by atoms with van der Waals surface area (Å²) < 4.78 is 14.3. The van der Waals surface area contributed by atoms with E-state index in [0.717, 1.165) is 0 Å².